The molecule has 2 rings (SSSR count). The summed E-state index contributed by atoms with van der Waals surface area (Å²) in [5, 5.41) is 0. The average Bonchev–Trinajstić information content (AvgIpc) is 2.32. The lowest BCUT2D eigenvalue weighted by Crippen LogP contribution is -2.16. The van der Waals surface area contributed by atoms with Gasteiger partial charge < -0.3 is 8.37 Å². The average molecular weight is 264 g/mol. The third kappa shape index (κ3) is 3.49. The van der Waals surface area contributed by atoms with Gasteiger partial charge in [-0.25, -0.2) is 0 Å². The number of hydrogen-bond acceptors (Lipinski definition) is 4. The molecule has 0 bridgehead atoms. The van der Waals surface area contributed by atoms with Crippen molar-refractivity contribution >= 4 is 10.4 Å². The predicted octanol–water partition coefficient (Wildman–Crippen LogP) is 2.70. The zero-order valence-electron chi connectivity index (χ0n) is 9.74. The van der Waals surface area contributed by atoms with Crippen LogP contribution in [-0.2, 0) is 10.4 Å². The molecule has 0 spiro atoms. The van der Waals surface area contributed by atoms with Gasteiger partial charge in [-0.1, -0.05) is 35.9 Å². The summed E-state index contributed by atoms with van der Waals surface area (Å²) in [6.07, 6.45) is 0. The molecule has 0 radical (unpaired) electrons. The molecule has 2 aromatic carbocycles. The molecular weight excluding hydrogens is 252 g/mol. The summed E-state index contributed by atoms with van der Waals surface area (Å²) in [5.41, 5.74) is 1.02. The third-order valence-electron chi connectivity index (χ3n) is 2.16. The number of benzene rings is 2. The molecule has 4 nitrogen and oxygen atoms in total. The van der Waals surface area contributed by atoms with Gasteiger partial charge >= 0.3 is 10.4 Å². The minimum absolute atomic E-state index is 0.213. The van der Waals surface area contributed by atoms with Crippen LogP contribution in [0.4, 0.5) is 0 Å². The zero-order valence-corrected chi connectivity index (χ0v) is 10.6. The van der Waals surface area contributed by atoms with Gasteiger partial charge in [0.15, 0.2) is 0 Å². The topological polar surface area (TPSA) is 52.6 Å². The first-order valence-corrected chi connectivity index (χ1v) is 6.64. The fourth-order valence-corrected chi connectivity index (χ4v) is 2.05. The van der Waals surface area contributed by atoms with Crippen LogP contribution in [0.2, 0.25) is 0 Å². The Labute approximate surface area is 106 Å². The summed E-state index contributed by atoms with van der Waals surface area (Å²) in [7, 11) is -4.10. The van der Waals surface area contributed by atoms with Crippen LogP contribution in [0.25, 0.3) is 0 Å². The minimum Gasteiger partial charge on any atom is -0.353 e. The summed E-state index contributed by atoms with van der Waals surface area (Å²) in [6.45, 7) is 1.90. The smallest absolute Gasteiger partial charge is 0.353 e. The molecule has 0 unspecified atom stereocenters. The third-order valence-corrected chi connectivity index (χ3v) is 2.95. The Morgan fingerprint density at radius 1 is 0.778 bits per heavy atom. The number of para-hydroxylation sites is 1. The lowest BCUT2D eigenvalue weighted by Gasteiger charge is -2.07. The molecule has 94 valence electrons. The van der Waals surface area contributed by atoms with E-state index in [9.17, 15) is 8.42 Å². The molecule has 0 aliphatic rings. The maximum atomic E-state index is 11.6. The molecule has 18 heavy (non-hydrogen) atoms. The lowest BCUT2D eigenvalue weighted by atomic mass is 10.2. The predicted molar refractivity (Wildman–Crippen MR) is 67.8 cm³/mol. The largest absolute Gasteiger partial charge is 0.500 e. The Morgan fingerprint density at radius 3 is 1.83 bits per heavy atom. The summed E-state index contributed by atoms with van der Waals surface area (Å²) in [5.74, 6) is 0.432. The molecule has 0 amide bonds. The van der Waals surface area contributed by atoms with Gasteiger partial charge in [0.2, 0.25) is 0 Å². The second-order valence-corrected chi connectivity index (χ2v) is 4.85. The van der Waals surface area contributed by atoms with E-state index >= 15 is 0 Å². The van der Waals surface area contributed by atoms with Crippen molar-refractivity contribution in [3.63, 3.8) is 0 Å². The highest BCUT2D eigenvalue weighted by Crippen LogP contribution is 2.17. The Morgan fingerprint density at radius 2 is 1.28 bits per heavy atom. The van der Waals surface area contributed by atoms with Crippen molar-refractivity contribution in [1.29, 1.82) is 0 Å². The molecule has 0 saturated heterocycles. The SMILES string of the molecule is Cc1ccc(OS(=O)(=O)Oc2ccccc2)cc1. The lowest BCUT2D eigenvalue weighted by molar-refractivity contribution is 0.392. The summed E-state index contributed by atoms with van der Waals surface area (Å²) >= 11 is 0. The molecule has 0 saturated carbocycles. The van der Waals surface area contributed by atoms with Gasteiger partial charge in [-0.3, -0.25) is 0 Å². The van der Waals surface area contributed by atoms with Crippen LogP contribution in [0.15, 0.2) is 54.6 Å². The molecule has 0 atom stereocenters. The maximum absolute atomic E-state index is 11.6. The van der Waals surface area contributed by atoms with Crippen LogP contribution in [-0.4, -0.2) is 8.42 Å². The highest BCUT2D eigenvalue weighted by atomic mass is 32.3. The van der Waals surface area contributed by atoms with E-state index < -0.39 is 10.4 Å². The maximum Gasteiger partial charge on any atom is 0.500 e. The monoisotopic (exact) mass is 264 g/mol. The van der Waals surface area contributed by atoms with E-state index in [0.29, 0.717) is 0 Å². The first-order chi connectivity index (χ1) is 8.55. The van der Waals surface area contributed by atoms with Gasteiger partial charge in [0.05, 0.1) is 0 Å². The van der Waals surface area contributed by atoms with Gasteiger partial charge in [-0.15, -0.1) is 8.42 Å². The highest BCUT2D eigenvalue weighted by molar-refractivity contribution is 7.82. The van der Waals surface area contributed by atoms with E-state index in [2.05, 4.69) is 0 Å². The quantitative estimate of drug-likeness (QED) is 0.852. The summed E-state index contributed by atoms with van der Waals surface area (Å²) < 4.78 is 32.8. The second-order valence-electron chi connectivity index (χ2n) is 3.70. The van der Waals surface area contributed by atoms with Crippen molar-refractivity contribution in [3.05, 3.63) is 60.2 Å². The molecule has 5 heteroatoms. The Kier molecular flexibility index (Phi) is 3.53. The Hall–Kier alpha value is -2.01. The molecule has 0 heterocycles. The number of aryl methyl sites for hydroxylation is 1. The van der Waals surface area contributed by atoms with E-state index in [1.807, 2.05) is 6.92 Å². The van der Waals surface area contributed by atoms with Crippen molar-refractivity contribution in [3.8, 4) is 11.5 Å². The Bertz CT molecular complexity index is 603. The highest BCUT2D eigenvalue weighted by Gasteiger charge is 2.15. The van der Waals surface area contributed by atoms with E-state index in [4.69, 9.17) is 8.37 Å². The van der Waals surface area contributed by atoms with E-state index in [1.165, 1.54) is 12.1 Å². The van der Waals surface area contributed by atoms with Crippen molar-refractivity contribution in [2.75, 3.05) is 0 Å². The van der Waals surface area contributed by atoms with Crippen LogP contribution in [0, 0.1) is 6.92 Å². The van der Waals surface area contributed by atoms with Crippen LogP contribution in [0.3, 0.4) is 0 Å². The van der Waals surface area contributed by atoms with Gasteiger partial charge in [-0.2, -0.15) is 0 Å². The fraction of sp³-hybridized carbons (Fsp3) is 0.0769. The molecule has 0 aliphatic carbocycles. The van der Waals surface area contributed by atoms with Crippen LogP contribution in [0.1, 0.15) is 5.56 Å². The summed E-state index contributed by atoms with van der Waals surface area (Å²) in [4.78, 5) is 0. The molecule has 0 aliphatic heterocycles. The zero-order chi connectivity index (χ0) is 13.0. The van der Waals surface area contributed by atoms with E-state index in [-0.39, 0.29) is 11.5 Å². The minimum atomic E-state index is -4.10. The molecular formula is C13H12O4S. The fourth-order valence-electron chi connectivity index (χ4n) is 1.32. The van der Waals surface area contributed by atoms with Gasteiger partial charge in [0, 0.05) is 0 Å². The number of rotatable bonds is 4. The molecule has 2 aromatic rings. The van der Waals surface area contributed by atoms with Gasteiger partial charge in [0.25, 0.3) is 0 Å². The van der Waals surface area contributed by atoms with Crippen molar-refractivity contribution in [2.45, 2.75) is 6.92 Å². The van der Waals surface area contributed by atoms with E-state index in [1.54, 1.807) is 42.5 Å². The van der Waals surface area contributed by atoms with Crippen molar-refractivity contribution < 1.29 is 16.8 Å². The van der Waals surface area contributed by atoms with Crippen molar-refractivity contribution in [2.24, 2.45) is 0 Å². The van der Waals surface area contributed by atoms with E-state index in [0.717, 1.165) is 5.56 Å². The summed E-state index contributed by atoms with van der Waals surface area (Å²) in [6, 6.07) is 14.9. The van der Waals surface area contributed by atoms with Gasteiger partial charge in [-0.05, 0) is 31.2 Å². The Balaban J connectivity index is 2.10. The number of hydrogen-bond donors (Lipinski definition) is 0. The van der Waals surface area contributed by atoms with Crippen molar-refractivity contribution in [1.82, 2.24) is 0 Å². The molecule has 0 fully saturated rings. The first kappa shape index (κ1) is 12.4. The normalized spacial score (nSPS) is 10.9. The van der Waals surface area contributed by atoms with Crippen LogP contribution in [0.5, 0.6) is 11.5 Å². The standard InChI is InChI=1S/C13H12O4S/c1-11-7-9-13(10-8-11)17-18(14,15)16-12-5-3-2-4-6-12/h2-10H,1H3. The molecule has 0 aromatic heterocycles. The first-order valence-electron chi connectivity index (χ1n) is 5.31. The van der Waals surface area contributed by atoms with Crippen LogP contribution < -0.4 is 8.37 Å². The van der Waals surface area contributed by atoms with Crippen LogP contribution >= 0.6 is 0 Å². The molecule has 0 N–H and O–H groups in total. The second kappa shape index (κ2) is 5.10. The van der Waals surface area contributed by atoms with Gasteiger partial charge in [0.1, 0.15) is 11.5 Å².